The summed E-state index contributed by atoms with van der Waals surface area (Å²) in [6.07, 6.45) is 0. The van der Waals surface area contributed by atoms with Crippen LogP contribution in [0.5, 0.6) is 0 Å². The highest BCUT2D eigenvalue weighted by Crippen LogP contribution is 2.21. The van der Waals surface area contributed by atoms with Crippen LogP contribution in [0.25, 0.3) is 0 Å². The van der Waals surface area contributed by atoms with E-state index in [0.29, 0.717) is 5.75 Å². The summed E-state index contributed by atoms with van der Waals surface area (Å²) in [5.41, 5.74) is 6.19. The van der Waals surface area contributed by atoms with E-state index in [2.05, 4.69) is 0 Å². The predicted octanol–water partition coefficient (Wildman–Crippen LogP) is 3.22. The molecule has 0 aliphatic heterocycles. The van der Waals surface area contributed by atoms with Crippen LogP contribution in [0.2, 0.25) is 0 Å². The zero-order valence-corrected chi connectivity index (χ0v) is 14.4. The summed E-state index contributed by atoms with van der Waals surface area (Å²) in [5.74, 6) is 0.557. The van der Waals surface area contributed by atoms with E-state index in [1.54, 1.807) is 54.6 Å². The number of nitrogens with two attached hydrogens (primary N) is 1. The summed E-state index contributed by atoms with van der Waals surface area (Å²) in [7, 11) is -3.46. The van der Waals surface area contributed by atoms with Gasteiger partial charge in [-0.1, -0.05) is 42.1 Å². The Hall–Kier alpha value is -1.31. The van der Waals surface area contributed by atoms with E-state index in [4.69, 9.17) is 11.1 Å². The maximum Gasteiger partial charge on any atom is 0.206 e. The molecule has 0 unspecified atom stereocenters. The van der Waals surface area contributed by atoms with Crippen LogP contribution in [-0.4, -0.2) is 13.6 Å². The van der Waals surface area contributed by atoms with E-state index < -0.39 is 9.84 Å². The van der Waals surface area contributed by atoms with E-state index in [9.17, 15) is 8.42 Å². The molecule has 0 aromatic heterocycles. The molecule has 0 bridgehead atoms. The van der Waals surface area contributed by atoms with Gasteiger partial charge in [0.1, 0.15) is 0 Å². The highest BCUT2D eigenvalue weighted by molar-refractivity contribution is 8.93. The molecule has 0 aliphatic carbocycles. The molecule has 112 valence electrons. The van der Waals surface area contributed by atoms with Gasteiger partial charge in [-0.05, 0) is 29.8 Å². The normalized spacial score (nSPS) is 10.7. The molecule has 0 heterocycles. The van der Waals surface area contributed by atoms with Gasteiger partial charge >= 0.3 is 0 Å². The molecule has 2 aromatic carbocycles. The molecule has 0 spiro atoms. The highest BCUT2D eigenvalue weighted by atomic mass is 79.9. The predicted molar refractivity (Wildman–Crippen MR) is 91.9 cm³/mol. The molecular weight excluding hydrogens is 372 g/mol. The number of nitrogens with one attached hydrogen (secondary N) is 1. The van der Waals surface area contributed by atoms with Crippen molar-refractivity contribution < 1.29 is 8.42 Å². The molecule has 2 rings (SSSR count). The zero-order valence-electron chi connectivity index (χ0n) is 11.0. The van der Waals surface area contributed by atoms with Crippen LogP contribution >= 0.6 is 28.7 Å². The third-order valence-corrected chi connectivity index (χ3v) is 5.26. The Bertz CT molecular complexity index is 702. The Morgan fingerprint density at radius 3 is 2.05 bits per heavy atom. The van der Waals surface area contributed by atoms with E-state index in [1.165, 1.54) is 11.8 Å². The molecule has 7 heteroatoms. The minimum atomic E-state index is -3.46. The summed E-state index contributed by atoms with van der Waals surface area (Å²) < 4.78 is 24.7. The summed E-state index contributed by atoms with van der Waals surface area (Å²) in [6, 6.07) is 15.0. The summed E-state index contributed by atoms with van der Waals surface area (Å²) in [6.45, 7) is 0. The van der Waals surface area contributed by atoms with Gasteiger partial charge in [-0.3, -0.25) is 5.41 Å². The minimum Gasteiger partial charge on any atom is -0.379 e. The van der Waals surface area contributed by atoms with Crippen molar-refractivity contribution in [1.82, 2.24) is 0 Å². The Morgan fingerprint density at radius 2 is 1.52 bits per heavy atom. The number of amidine groups is 1. The Balaban J connectivity index is 0.00000220. The average Bonchev–Trinajstić information content (AvgIpc) is 2.46. The van der Waals surface area contributed by atoms with E-state index in [-0.39, 0.29) is 31.9 Å². The molecule has 0 atom stereocenters. The van der Waals surface area contributed by atoms with Gasteiger partial charge in [0.15, 0.2) is 5.17 Å². The van der Waals surface area contributed by atoms with Gasteiger partial charge in [-0.15, -0.1) is 17.0 Å². The standard InChI is InChI=1S/C14H14N2O2S2.BrH/c15-14(16)19-10-11-6-8-13(9-7-11)20(17,18)12-4-2-1-3-5-12;/h1-9H,10H2,(H3,15,16);1H. The van der Waals surface area contributed by atoms with Crippen LogP contribution in [0, 0.1) is 5.41 Å². The summed E-state index contributed by atoms with van der Waals surface area (Å²) in [5, 5.41) is 7.19. The van der Waals surface area contributed by atoms with Crippen molar-refractivity contribution >= 4 is 43.7 Å². The van der Waals surface area contributed by atoms with Gasteiger partial charge in [-0.2, -0.15) is 0 Å². The first-order chi connectivity index (χ1) is 9.50. The second-order valence-corrected chi connectivity index (χ2v) is 7.08. The zero-order chi connectivity index (χ0) is 14.6. The largest absolute Gasteiger partial charge is 0.379 e. The number of benzene rings is 2. The Morgan fingerprint density at radius 1 is 1.00 bits per heavy atom. The van der Waals surface area contributed by atoms with Gasteiger partial charge in [0.2, 0.25) is 9.84 Å². The lowest BCUT2D eigenvalue weighted by Gasteiger charge is -2.06. The van der Waals surface area contributed by atoms with E-state index in [0.717, 1.165) is 5.56 Å². The molecule has 0 radical (unpaired) electrons. The minimum absolute atomic E-state index is 0. The Kier molecular flexibility index (Phi) is 6.44. The maximum atomic E-state index is 12.4. The third-order valence-electron chi connectivity index (χ3n) is 2.68. The van der Waals surface area contributed by atoms with Gasteiger partial charge in [0.05, 0.1) is 9.79 Å². The number of thioether (sulfide) groups is 1. The molecule has 2 aromatic rings. The van der Waals surface area contributed by atoms with Crippen molar-refractivity contribution in [2.75, 3.05) is 0 Å². The lowest BCUT2D eigenvalue weighted by Crippen LogP contribution is -2.04. The Labute approximate surface area is 139 Å². The highest BCUT2D eigenvalue weighted by Gasteiger charge is 2.16. The van der Waals surface area contributed by atoms with Crippen molar-refractivity contribution in [3.8, 4) is 0 Å². The van der Waals surface area contributed by atoms with Crippen LogP contribution in [0.3, 0.4) is 0 Å². The first-order valence-corrected chi connectivity index (χ1v) is 8.33. The van der Waals surface area contributed by atoms with Crippen molar-refractivity contribution in [3.63, 3.8) is 0 Å². The molecule has 0 amide bonds. The first-order valence-electron chi connectivity index (χ1n) is 5.86. The molecule has 3 N–H and O–H groups in total. The quantitative estimate of drug-likeness (QED) is 0.623. The van der Waals surface area contributed by atoms with E-state index in [1.807, 2.05) is 0 Å². The fourth-order valence-corrected chi connectivity index (χ4v) is 3.46. The fraction of sp³-hybridized carbons (Fsp3) is 0.0714. The number of hydrogen-bond donors (Lipinski definition) is 2. The molecule has 21 heavy (non-hydrogen) atoms. The molecule has 4 nitrogen and oxygen atoms in total. The number of sulfone groups is 1. The second kappa shape index (κ2) is 7.63. The van der Waals surface area contributed by atoms with Crippen molar-refractivity contribution in [1.29, 1.82) is 5.41 Å². The van der Waals surface area contributed by atoms with Gasteiger partial charge in [-0.25, -0.2) is 8.42 Å². The van der Waals surface area contributed by atoms with Gasteiger partial charge in [0, 0.05) is 5.75 Å². The SMILES string of the molecule is Br.N=C(N)SCc1ccc(S(=O)(=O)c2ccccc2)cc1. The second-order valence-electron chi connectivity index (χ2n) is 4.11. The van der Waals surface area contributed by atoms with Crippen molar-refractivity contribution in [2.45, 2.75) is 15.5 Å². The lowest BCUT2D eigenvalue weighted by molar-refractivity contribution is 0.596. The van der Waals surface area contributed by atoms with Crippen LogP contribution < -0.4 is 5.73 Å². The van der Waals surface area contributed by atoms with Crippen LogP contribution in [-0.2, 0) is 15.6 Å². The van der Waals surface area contributed by atoms with Crippen LogP contribution in [0.15, 0.2) is 64.4 Å². The van der Waals surface area contributed by atoms with Crippen LogP contribution in [0.1, 0.15) is 5.56 Å². The first kappa shape index (κ1) is 17.7. The molecular formula is C14H15BrN2O2S2. The van der Waals surface area contributed by atoms with Crippen LogP contribution in [0.4, 0.5) is 0 Å². The average molecular weight is 387 g/mol. The van der Waals surface area contributed by atoms with Crippen molar-refractivity contribution in [3.05, 3.63) is 60.2 Å². The fourth-order valence-electron chi connectivity index (χ4n) is 1.66. The van der Waals surface area contributed by atoms with E-state index >= 15 is 0 Å². The van der Waals surface area contributed by atoms with Crippen molar-refractivity contribution in [2.24, 2.45) is 5.73 Å². The monoisotopic (exact) mass is 386 g/mol. The van der Waals surface area contributed by atoms with Gasteiger partial charge < -0.3 is 5.73 Å². The maximum absolute atomic E-state index is 12.4. The number of rotatable bonds is 4. The van der Waals surface area contributed by atoms with Gasteiger partial charge in [0.25, 0.3) is 0 Å². The molecule has 0 aliphatic rings. The number of hydrogen-bond acceptors (Lipinski definition) is 4. The third kappa shape index (κ3) is 4.59. The molecule has 0 saturated heterocycles. The smallest absolute Gasteiger partial charge is 0.206 e. The topological polar surface area (TPSA) is 84.0 Å². The summed E-state index contributed by atoms with van der Waals surface area (Å²) in [4.78, 5) is 0.547. The lowest BCUT2D eigenvalue weighted by atomic mass is 10.2. The number of halogens is 1. The molecule has 0 fully saturated rings. The summed E-state index contributed by atoms with van der Waals surface area (Å²) >= 11 is 1.21. The molecule has 0 saturated carbocycles.